The number of hydrogen-bond donors (Lipinski definition) is 1. The molecule has 1 amide bonds. The Morgan fingerprint density at radius 3 is 2.75 bits per heavy atom. The molecule has 5 heteroatoms. The number of amides is 1. The van der Waals surface area contributed by atoms with Gasteiger partial charge in [-0.25, -0.2) is 0 Å². The average molecular weight is 222 g/mol. The Kier molecular flexibility index (Phi) is 2.71. The van der Waals surface area contributed by atoms with Crippen LogP contribution in [0.15, 0.2) is 6.20 Å². The van der Waals surface area contributed by atoms with Crippen molar-refractivity contribution < 1.29 is 4.79 Å². The molecule has 1 fully saturated rings. The van der Waals surface area contributed by atoms with Gasteiger partial charge >= 0.3 is 0 Å². The van der Waals surface area contributed by atoms with Gasteiger partial charge < -0.3 is 10.6 Å². The van der Waals surface area contributed by atoms with E-state index in [9.17, 15) is 4.79 Å². The van der Waals surface area contributed by atoms with Crippen molar-refractivity contribution in [1.82, 2.24) is 14.7 Å². The van der Waals surface area contributed by atoms with Crippen LogP contribution in [0.3, 0.4) is 0 Å². The first-order valence-electron chi connectivity index (χ1n) is 5.58. The number of nitrogens with zero attached hydrogens (tertiary/aromatic N) is 3. The Morgan fingerprint density at radius 1 is 1.56 bits per heavy atom. The lowest BCUT2D eigenvalue weighted by Crippen LogP contribution is -2.30. The Morgan fingerprint density at radius 2 is 2.25 bits per heavy atom. The number of nitrogens with two attached hydrogens (primary N) is 1. The van der Waals surface area contributed by atoms with Crippen molar-refractivity contribution >= 4 is 5.91 Å². The normalized spacial score (nSPS) is 25.5. The standard InChI is InChI=1S/C11H18N4O/c1-4-9-7(6-14(2)13-9)11-8(12)5-10(16)15(11)3/h6,8,11H,4-5,12H2,1-3H3. The quantitative estimate of drug-likeness (QED) is 0.778. The molecule has 2 rings (SSSR count). The molecule has 0 spiro atoms. The fourth-order valence-corrected chi connectivity index (χ4v) is 2.41. The maximum absolute atomic E-state index is 11.6. The Balaban J connectivity index is 2.39. The molecular formula is C11H18N4O. The Bertz CT molecular complexity index is 412. The highest BCUT2D eigenvalue weighted by Crippen LogP contribution is 2.32. The van der Waals surface area contributed by atoms with Crippen LogP contribution in [-0.4, -0.2) is 33.7 Å². The maximum Gasteiger partial charge on any atom is 0.224 e. The molecular weight excluding hydrogens is 204 g/mol. The van der Waals surface area contributed by atoms with Crippen molar-refractivity contribution in [2.45, 2.75) is 31.8 Å². The Hall–Kier alpha value is -1.36. The number of likely N-dealkylation sites (N-methyl/N-ethyl adjacent to an activating group) is 1. The summed E-state index contributed by atoms with van der Waals surface area (Å²) in [6, 6.07) is -0.136. The van der Waals surface area contributed by atoms with Crippen LogP contribution >= 0.6 is 0 Å². The highest BCUT2D eigenvalue weighted by molar-refractivity contribution is 5.80. The monoisotopic (exact) mass is 222 g/mol. The van der Waals surface area contributed by atoms with Gasteiger partial charge in [-0.1, -0.05) is 6.92 Å². The third-order valence-electron chi connectivity index (χ3n) is 3.22. The van der Waals surface area contributed by atoms with Gasteiger partial charge in [0, 0.05) is 38.3 Å². The van der Waals surface area contributed by atoms with E-state index in [-0.39, 0.29) is 18.0 Å². The number of aryl methyl sites for hydroxylation is 2. The second-order valence-corrected chi connectivity index (χ2v) is 4.38. The second kappa shape index (κ2) is 3.90. The van der Waals surface area contributed by atoms with Crippen molar-refractivity contribution in [3.63, 3.8) is 0 Å². The van der Waals surface area contributed by atoms with Gasteiger partial charge in [-0.15, -0.1) is 0 Å². The van der Waals surface area contributed by atoms with Gasteiger partial charge in [0.2, 0.25) is 5.91 Å². The van der Waals surface area contributed by atoms with Crippen molar-refractivity contribution in [3.05, 3.63) is 17.5 Å². The van der Waals surface area contributed by atoms with E-state index in [1.165, 1.54) is 0 Å². The van der Waals surface area contributed by atoms with Crippen LogP contribution < -0.4 is 5.73 Å². The van der Waals surface area contributed by atoms with Crippen LogP contribution in [0.4, 0.5) is 0 Å². The zero-order valence-corrected chi connectivity index (χ0v) is 9.97. The van der Waals surface area contributed by atoms with E-state index in [1.54, 1.807) is 9.58 Å². The van der Waals surface area contributed by atoms with Gasteiger partial charge in [0.05, 0.1) is 11.7 Å². The molecule has 1 aliphatic rings. The molecule has 0 radical (unpaired) electrons. The summed E-state index contributed by atoms with van der Waals surface area (Å²) in [5.74, 6) is 0.114. The largest absolute Gasteiger partial charge is 0.337 e. The summed E-state index contributed by atoms with van der Waals surface area (Å²) >= 11 is 0. The lowest BCUT2D eigenvalue weighted by Gasteiger charge is -2.22. The number of rotatable bonds is 2. The Labute approximate surface area is 95.2 Å². The SMILES string of the molecule is CCc1nn(C)cc1C1C(N)CC(=O)N1C. The molecule has 2 atom stereocenters. The first-order valence-corrected chi connectivity index (χ1v) is 5.58. The molecule has 88 valence electrons. The number of aromatic nitrogens is 2. The summed E-state index contributed by atoms with van der Waals surface area (Å²) < 4.78 is 1.79. The number of hydrogen-bond acceptors (Lipinski definition) is 3. The summed E-state index contributed by atoms with van der Waals surface area (Å²) in [5, 5.41) is 4.39. The number of carbonyl (C=O) groups is 1. The molecule has 1 aromatic heterocycles. The predicted octanol–water partition coefficient (Wildman–Crippen LogP) is 0.213. The average Bonchev–Trinajstić information content (AvgIpc) is 2.69. The third-order valence-corrected chi connectivity index (χ3v) is 3.22. The molecule has 16 heavy (non-hydrogen) atoms. The highest BCUT2D eigenvalue weighted by atomic mass is 16.2. The van der Waals surface area contributed by atoms with Crippen LogP contribution in [0.2, 0.25) is 0 Å². The smallest absolute Gasteiger partial charge is 0.224 e. The van der Waals surface area contributed by atoms with Crippen LogP contribution in [-0.2, 0) is 18.3 Å². The van der Waals surface area contributed by atoms with E-state index >= 15 is 0 Å². The predicted molar refractivity (Wildman–Crippen MR) is 60.7 cm³/mol. The summed E-state index contributed by atoms with van der Waals surface area (Å²) in [4.78, 5) is 13.3. The van der Waals surface area contributed by atoms with E-state index in [0.717, 1.165) is 17.7 Å². The molecule has 0 aliphatic carbocycles. The number of carbonyl (C=O) groups excluding carboxylic acids is 1. The molecule has 1 aromatic rings. The minimum absolute atomic E-state index is 0.0175. The molecule has 0 aromatic carbocycles. The summed E-state index contributed by atoms with van der Waals surface area (Å²) in [7, 11) is 3.71. The fourth-order valence-electron chi connectivity index (χ4n) is 2.41. The van der Waals surface area contributed by atoms with Gasteiger partial charge in [-0.05, 0) is 6.42 Å². The zero-order valence-electron chi connectivity index (χ0n) is 9.97. The molecule has 5 nitrogen and oxygen atoms in total. The molecule has 0 saturated carbocycles. The van der Waals surface area contributed by atoms with Crippen LogP contribution in [0.1, 0.15) is 30.6 Å². The molecule has 2 unspecified atom stereocenters. The van der Waals surface area contributed by atoms with Gasteiger partial charge in [-0.3, -0.25) is 9.48 Å². The highest BCUT2D eigenvalue weighted by Gasteiger charge is 2.37. The molecule has 1 saturated heterocycles. The van der Waals surface area contributed by atoms with Gasteiger partial charge in [0.1, 0.15) is 0 Å². The van der Waals surface area contributed by atoms with Crippen LogP contribution in [0, 0.1) is 0 Å². The van der Waals surface area contributed by atoms with Crippen molar-refractivity contribution in [3.8, 4) is 0 Å². The molecule has 2 heterocycles. The van der Waals surface area contributed by atoms with Crippen molar-refractivity contribution in [1.29, 1.82) is 0 Å². The first-order chi connectivity index (χ1) is 7.54. The minimum atomic E-state index is -0.119. The molecule has 2 N–H and O–H groups in total. The van der Waals surface area contributed by atoms with Gasteiger partial charge in [0.25, 0.3) is 0 Å². The van der Waals surface area contributed by atoms with E-state index in [1.807, 2.05) is 20.3 Å². The fraction of sp³-hybridized carbons (Fsp3) is 0.636. The zero-order chi connectivity index (χ0) is 11.9. The molecule has 1 aliphatic heterocycles. The summed E-state index contributed by atoms with van der Waals surface area (Å²) in [5.41, 5.74) is 8.15. The lowest BCUT2D eigenvalue weighted by atomic mass is 10.0. The van der Waals surface area contributed by atoms with E-state index in [2.05, 4.69) is 12.0 Å². The van der Waals surface area contributed by atoms with E-state index in [4.69, 9.17) is 5.73 Å². The summed E-state index contributed by atoms with van der Waals surface area (Å²) in [6.07, 6.45) is 3.26. The third kappa shape index (κ3) is 1.61. The van der Waals surface area contributed by atoms with E-state index in [0.29, 0.717) is 6.42 Å². The maximum atomic E-state index is 11.6. The van der Waals surface area contributed by atoms with Crippen LogP contribution in [0.25, 0.3) is 0 Å². The minimum Gasteiger partial charge on any atom is -0.337 e. The van der Waals surface area contributed by atoms with Crippen molar-refractivity contribution in [2.24, 2.45) is 12.8 Å². The number of likely N-dealkylation sites (tertiary alicyclic amines) is 1. The van der Waals surface area contributed by atoms with Crippen molar-refractivity contribution in [2.75, 3.05) is 7.05 Å². The molecule has 0 bridgehead atoms. The second-order valence-electron chi connectivity index (χ2n) is 4.38. The van der Waals surface area contributed by atoms with Gasteiger partial charge in [0.15, 0.2) is 0 Å². The summed E-state index contributed by atoms with van der Waals surface area (Å²) in [6.45, 7) is 2.06. The van der Waals surface area contributed by atoms with Crippen LogP contribution in [0.5, 0.6) is 0 Å². The first kappa shape index (κ1) is 11.1. The topological polar surface area (TPSA) is 64.2 Å². The van der Waals surface area contributed by atoms with Gasteiger partial charge in [-0.2, -0.15) is 5.10 Å². The van der Waals surface area contributed by atoms with E-state index < -0.39 is 0 Å². The lowest BCUT2D eigenvalue weighted by molar-refractivity contribution is -0.127.